The van der Waals surface area contributed by atoms with E-state index in [1.807, 2.05) is 0 Å². The normalized spacial score (nSPS) is 21.2. The van der Waals surface area contributed by atoms with E-state index in [1.165, 1.54) is 109 Å². The number of rotatable bonds is 17. The molecule has 0 N–H and O–H groups in total. The average molecular weight is 393 g/mol. The Hall–Kier alpha value is -0.330. The summed E-state index contributed by atoms with van der Waals surface area (Å²) < 4.78 is 0. The van der Waals surface area contributed by atoms with Gasteiger partial charge in [-0.25, -0.2) is 0 Å². The van der Waals surface area contributed by atoms with Gasteiger partial charge in [0, 0.05) is 12.3 Å². The highest BCUT2D eigenvalue weighted by Crippen LogP contribution is 2.36. The van der Waals surface area contributed by atoms with Crippen LogP contribution in [0, 0.1) is 23.7 Å². The molecule has 1 unspecified atom stereocenters. The molecule has 1 fully saturated rings. The Balaban J connectivity index is 2.14. The molecular formula is C27H52O. The van der Waals surface area contributed by atoms with Crippen LogP contribution in [0.4, 0.5) is 0 Å². The third kappa shape index (κ3) is 12.3. The fourth-order valence-corrected chi connectivity index (χ4v) is 5.11. The minimum absolute atomic E-state index is 0.373. The van der Waals surface area contributed by atoms with Gasteiger partial charge in [-0.2, -0.15) is 0 Å². The van der Waals surface area contributed by atoms with Crippen LogP contribution in [0.25, 0.3) is 0 Å². The van der Waals surface area contributed by atoms with Gasteiger partial charge in [-0.15, -0.1) is 0 Å². The molecule has 1 heteroatoms. The van der Waals surface area contributed by atoms with Crippen LogP contribution in [0.2, 0.25) is 0 Å². The van der Waals surface area contributed by atoms with Crippen LogP contribution in [-0.4, -0.2) is 5.78 Å². The van der Waals surface area contributed by atoms with Gasteiger partial charge >= 0.3 is 0 Å². The van der Waals surface area contributed by atoms with Crippen LogP contribution in [0.5, 0.6) is 0 Å². The van der Waals surface area contributed by atoms with Crippen LogP contribution >= 0.6 is 0 Å². The van der Waals surface area contributed by atoms with Gasteiger partial charge in [0.1, 0.15) is 5.78 Å². The number of unbranched alkanes of at least 4 members (excludes halogenated alkanes) is 11. The van der Waals surface area contributed by atoms with Crippen molar-refractivity contribution in [1.29, 1.82) is 0 Å². The summed E-state index contributed by atoms with van der Waals surface area (Å²) in [7, 11) is 0. The maximum absolute atomic E-state index is 12.9. The number of carbonyl (C=O) groups is 1. The van der Waals surface area contributed by atoms with Gasteiger partial charge in [0.15, 0.2) is 0 Å². The molecule has 166 valence electrons. The van der Waals surface area contributed by atoms with Crippen molar-refractivity contribution >= 4 is 5.78 Å². The first-order valence-corrected chi connectivity index (χ1v) is 13.1. The Morgan fingerprint density at radius 2 is 1.21 bits per heavy atom. The Labute approximate surface area is 177 Å². The van der Waals surface area contributed by atoms with E-state index in [2.05, 4.69) is 27.7 Å². The smallest absolute Gasteiger partial charge is 0.136 e. The molecule has 0 aliphatic heterocycles. The molecule has 0 spiro atoms. The van der Waals surface area contributed by atoms with Crippen LogP contribution in [0.3, 0.4) is 0 Å². The largest absolute Gasteiger partial charge is 0.299 e. The van der Waals surface area contributed by atoms with Crippen molar-refractivity contribution in [2.45, 2.75) is 143 Å². The van der Waals surface area contributed by atoms with E-state index in [9.17, 15) is 4.79 Å². The third-order valence-corrected chi connectivity index (χ3v) is 7.02. The lowest BCUT2D eigenvalue weighted by Gasteiger charge is -2.32. The lowest BCUT2D eigenvalue weighted by Crippen LogP contribution is -2.28. The highest BCUT2D eigenvalue weighted by Gasteiger charge is 2.30. The lowest BCUT2D eigenvalue weighted by atomic mass is 9.72. The van der Waals surface area contributed by atoms with E-state index < -0.39 is 0 Å². The number of hydrogen-bond acceptors (Lipinski definition) is 1. The standard InChI is InChI=1S/C27H52O/c1-5-6-7-8-9-10-11-12-13-14-15-16-17-26(27(28)22-23(2)3)25-20-18-24(4)19-21-25/h23-26H,5-22H2,1-4H3. The van der Waals surface area contributed by atoms with E-state index in [4.69, 9.17) is 0 Å². The predicted octanol–water partition coefficient (Wildman–Crippen LogP) is 9.14. The third-order valence-electron chi connectivity index (χ3n) is 7.02. The van der Waals surface area contributed by atoms with Gasteiger partial charge in [-0.3, -0.25) is 4.79 Å². The molecule has 0 bridgehead atoms. The zero-order valence-corrected chi connectivity index (χ0v) is 19.9. The minimum Gasteiger partial charge on any atom is -0.299 e. The number of hydrogen-bond donors (Lipinski definition) is 0. The van der Waals surface area contributed by atoms with Crippen molar-refractivity contribution in [1.82, 2.24) is 0 Å². The second-order valence-corrected chi connectivity index (χ2v) is 10.4. The van der Waals surface area contributed by atoms with Crippen LogP contribution in [0.1, 0.15) is 143 Å². The van der Waals surface area contributed by atoms with Crippen LogP contribution < -0.4 is 0 Å². The minimum atomic E-state index is 0.373. The molecule has 0 heterocycles. The van der Waals surface area contributed by atoms with Crippen molar-refractivity contribution in [3.63, 3.8) is 0 Å². The second kappa shape index (κ2) is 16.5. The summed E-state index contributed by atoms with van der Waals surface area (Å²) in [6.45, 7) is 9.06. The van der Waals surface area contributed by atoms with Gasteiger partial charge in [0.25, 0.3) is 0 Å². The van der Waals surface area contributed by atoms with Gasteiger partial charge in [0.05, 0.1) is 0 Å². The summed E-state index contributed by atoms with van der Waals surface area (Å²) in [4.78, 5) is 12.9. The van der Waals surface area contributed by atoms with E-state index in [1.54, 1.807) is 0 Å². The highest BCUT2D eigenvalue weighted by atomic mass is 16.1. The van der Waals surface area contributed by atoms with Gasteiger partial charge in [-0.1, -0.05) is 118 Å². The predicted molar refractivity (Wildman–Crippen MR) is 125 cm³/mol. The number of carbonyl (C=O) groups excluding carboxylic acids is 1. The molecule has 0 aromatic heterocycles. The molecule has 0 aromatic rings. The van der Waals surface area contributed by atoms with Crippen molar-refractivity contribution in [3.05, 3.63) is 0 Å². The first-order chi connectivity index (χ1) is 13.5. The molecule has 0 saturated heterocycles. The molecule has 1 saturated carbocycles. The van der Waals surface area contributed by atoms with Crippen molar-refractivity contribution in [2.24, 2.45) is 23.7 Å². The molecule has 1 aliphatic carbocycles. The Morgan fingerprint density at radius 3 is 1.68 bits per heavy atom. The molecular weight excluding hydrogens is 340 g/mol. The number of ketones is 1. The van der Waals surface area contributed by atoms with Gasteiger partial charge in [0.2, 0.25) is 0 Å². The van der Waals surface area contributed by atoms with E-state index >= 15 is 0 Å². The number of Topliss-reactive ketones (excluding diaryl/α,β-unsaturated/α-hetero) is 1. The SMILES string of the molecule is CCCCCCCCCCCCCCC(C(=O)CC(C)C)C1CCC(C)CC1. The molecule has 1 aliphatic rings. The van der Waals surface area contributed by atoms with Crippen LogP contribution in [-0.2, 0) is 4.79 Å². The molecule has 0 amide bonds. The van der Waals surface area contributed by atoms with E-state index in [0.717, 1.165) is 12.3 Å². The molecule has 0 aromatic carbocycles. The molecule has 1 nitrogen and oxygen atoms in total. The maximum Gasteiger partial charge on any atom is 0.136 e. The first-order valence-electron chi connectivity index (χ1n) is 13.1. The monoisotopic (exact) mass is 392 g/mol. The Kier molecular flexibility index (Phi) is 15.1. The topological polar surface area (TPSA) is 17.1 Å². The van der Waals surface area contributed by atoms with Gasteiger partial charge < -0.3 is 0 Å². The lowest BCUT2D eigenvalue weighted by molar-refractivity contribution is -0.126. The van der Waals surface area contributed by atoms with Gasteiger partial charge in [-0.05, 0) is 37.0 Å². The zero-order chi connectivity index (χ0) is 20.6. The van der Waals surface area contributed by atoms with Crippen molar-refractivity contribution in [2.75, 3.05) is 0 Å². The van der Waals surface area contributed by atoms with E-state index in [0.29, 0.717) is 23.5 Å². The summed E-state index contributed by atoms with van der Waals surface area (Å²) in [6.07, 6.45) is 24.0. The molecule has 0 radical (unpaired) electrons. The average Bonchev–Trinajstić information content (AvgIpc) is 2.66. The summed E-state index contributed by atoms with van der Waals surface area (Å²) in [5.74, 6) is 3.04. The summed E-state index contributed by atoms with van der Waals surface area (Å²) in [5, 5.41) is 0. The fraction of sp³-hybridized carbons (Fsp3) is 0.963. The summed E-state index contributed by atoms with van der Waals surface area (Å²) >= 11 is 0. The van der Waals surface area contributed by atoms with Crippen molar-refractivity contribution in [3.8, 4) is 0 Å². The highest BCUT2D eigenvalue weighted by molar-refractivity contribution is 5.81. The molecule has 1 rings (SSSR count). The maximum atomic E-state index is 12.9. The van der Waals surface area contributed by atoms with Crippen molar-refractivity contribution < 1.29 is 4.79 Å². The quantitative estimate of drug-likeness (QED) is 0.225. The molecule has 28 heavy (non-hydrogen) atoms. The molecule has 1 atom stereocenters. The fourth-order valence-electron chi connectivity index (χ4n) is 5.11. The summed E-state index contributed by atoms with van der Waals surface area (Å²) in [6, 6.07) is 0. The Bertz CT molecular complexity index is 364. The Morgan fingerprint density at radius 1 is 0.750 bits per heavy atom. The van der Waals surface area contributed by atoms with E-state index in [-0.39, 0.29) is 0 Å². The van der Waals surface area contributed by atoms with Crippen LogP contribution in [0.15, 0.2) is 0 Å². The first kappa shape index (κ1) is 25.7. The summed E-state index contributed by atoms with van der Waals surface area (Å²) in [5.41, 5.74) is 0. The zero-order valence-electron chi connectivity index (χ0n) is 19.9. The second-order valence-electron chi connectivity index (χ2n) is 10.4.